The van der Waals surface area contributed by atoms with Crippen molar-refractivity contribution < 1.29 is 14.3 Å². The Balaban J connectivity index is 1.96. The standard InChI is InChI=1S/C21H20FNO2S/c1-26-15-9-6-13(7-10-15)20(21(24)25)23-18-5-3-2-4-16(18)17-12-14(22)8-11-19(17)23/h6-12,20H,2-5H2,1H3,(H,24,25). The third-order valence-electron chi connectivity index (χ3n) is 5.20. The van der Waals surface area contributed by atoms with E-state index in [4.69, 9.17) is 0 Å². The number of carboxylic acids is 1. The van der Waals surface area contributed by atoms with E-state index in [0.29, 0.717) is 0 Å². The van der Waals surface area contributed by atoms with E-state index in [2.05, 4.69) is 0 Å². The van der Waals surface area contributed by atoms with Crippen molar-refractivity contribution in [1.29, 1.82) is 0 Å². The fraction of sp³-hybridized carbons (Fsp3) is 0.286. The molecule has 3 nitrogen and oxygen atoms in total. The third-order valence-corrected chi connectivity index (χ3v) is 5.94. The number of hydrogen-bond donors (Lipinski definition) is 1. The Morgan fingerprint density at radius 3 is 2.58 bits per heavy atom. The first-order valence-electron chi connectivity index (χ1n) is 8.78. The Kier molecular flexibility index (Phi) is 4.49. The van der Waals surface area contributed by atoms with E-state index in [-0.39, 0.29) is 5.82 Å². The summed E-state index contributed by atoms with van der Waals surface area (Å²) >= 11 is 1.63. The summed E-state index contributed by atoms with van der Waals surface area (Å²) in [5, 5.41) is 10.9. The van der Waals surface area contributed by atoms with Gasteiger partial charge in [0.15, 0.2) is 6.04 Å². The molecule has 0 saturated heterocycles. The normalized spacial score (nSPS) is 15.0. The Morgan fingerprint density at radius 1 is 1.15 bits per heavy atom. The van der Waals surface area contributed by atoms with Crippen LogP contribution in [0.1, 0.15) is 35.7 Å². The molecule has 134 valence electrons. The van der Waals surface area contributed by atoms with Crippen LogP contribution < -0.4 is 0 Å². The van der Waals surface area contributed by atoms with Crippen LogP contribution in [0.3, 0.4) is 0 Å². The lowest BCUT2D eigenvalue weighted by molar-refractivity contribution is -0.139. The van der Waals surface area contributed by atoms with Crippen molar-refractivity contribution in [2.45, 2.75) is 36.6 Å². The molecule has 0 amide bonds. The zero-order chi connectivity index (χ0) is 18.3. The highest BCUT2D eigenvalue weighted by Gasteiger charge is 2.29. The largest absolute Gasteiger partial charge is 0.479 e. The van der Waals surface area contributed by atoms with Crippen molar-refractivity contribution >= 4 is 28.6 Å². The minimum atomic E-state index is -0.892. The van der Waals surface area contributed by atoms with Gasteiger partial charge in [0.25, 0.3) is 0 Å². The number of thioether (sulfide) groups is 1. The summed E-state index contributed by atoms with van der Waals surface area (Å²) < 4.78 is 15.8. The van der Waals surface area contributed by atoms with Gasteiger partial charge in [-0.15, -0.1) is 11.8 Å². The highest BCUT2D eigenvalue weighted by Crippen LogP contribution is 2.37. The first-order valence-corrected chi connectivity index (χ1v) is 10.0. The molecule has 0 saturated carbocycles. The minimum absolute atomic E-state index is 0.278. The topological polar surface area (TPSA) is 42.2 Å². The highest BCUT2D eigenvalue weighted by atomic mass is 32.2. The number of benzene rings is 2. The van der Waals surface area contributed by atoms with E-state index in [1.807, 2.05) is 35.1 Å². The average Bonchev–Trinajstić information content (AvgIpc) is 2.96. The summed E-state index contributed by atoms with van der Waals surface area (Å²) in [5.74, 6) is -1.17. The molecular formula is C21H20FNO2S. The maximum Gasteiger partial charge on any atom is 0.331 e. The van der Waals surface area contributed by atoms with E-state index in [1.54, 1.807) is 23.9 Å². The maximum absolute atomic E-state index is 13.9. The molecule has 1 N–H and O–H groups in total. The zero-order valence-corrected chi connectivity index (χ0v) is 15.4. The number of carbonyl (C=O) groups is 1. The quantitative estimate of drug-likeness (QED) is 0.654. The Morgan fingerprint density at radius 2 is 1.88 bits per heavy atom. The number of fused-ring (bicyclic) bond motifs is 3. The van der Waals surface area contributed by atoms with Crippen LogP contribution in [0.2, 0.25) is 0 Å². The summed E-state index contributed by atoms with van der Waals surface area (Å²) in [6.07, 6.45) is 5.79. The van der Waals surface area contributed by atoms with Gasteiger partial charge in [0.05, 0.1) is 0 Å². The molecule has 1 aliphatic rings. The van der Waals surface area contributed by atoms with Crippen LogP contribution in [0.15, 0.2) is 47.4 Å². The molecule has 26 heavy (non-hydrogen) atoms. The van der Waals surface area contributed by atoms with E-state index >= 15 is 0 Å². The summed E-state index contributed by atoms with van der Waals surface area (Å²) in [6, 6.07) is 11.5. The molecule has 0 bridgehead atoms. The van der Waals surface area contributed by atoms with Crippen LogP contribution in [0.4, 0.5) is 4.39 Å². The van der Waals surface area contributed by atoms with Crippen LogP contribution in [0.5, 0.6) is 0 Å². The number of aliphatic carboxylic acids is 1. The van der Waals surface area contributed by atoms with Gasteiger partial charge in [-0.3, -0.25) is 0 Å². The molecule has 3 aromatic rings. The monoisotopic (exact) mass is 369 g/mol. The van der Waals surface area contributed by atoms with Crippen LogP contribution in [0, 0.1) is 5.82 Å². The predicted molar refractivity (Wildman–Crippen MR) is 103 cm³/mol. The molecule has 0 fully saturated rings. The maximum atomic E-state index is 13.9. The number of rotatable bonds is 4. The number of hydrogen-bond acceptors (Lipinski definition) is 2. The lowest BCUT2D eigenvalue weighted by Gasteiger charge is -2.22. The Bertz CT molecular complexity index is 978. The third kappa shape index (κ3) is 2.80. The van der Waals surface area contributed by atoms with Crippen molar-refractivity contribution in [3.05, 3.63) is 65.1 Å². The van der Waals surface area contributed by atoms with Crippen molar-refractivity contribution in [3.63, 3.8) is 0 Å². The second kappa shape index (κ2) is 6.80. The molecule has 0 spiro atoms. The molecule has 1 aromatic heterocycles. The average molecular weight is 369 g/mol. The first kappa shape index (κ1) is 17.2. The van der Waals surface area contributed by atoms with Gasteiger partial charge in [-0.25, -0.2) is 9.18 Å². The summed E-state index contributed by atoms with van der Waals surface area (Å²) in [7, 11) is 0. The van der Waals surface area contributed by atoms with Gasteiger partial charge < -0.3 is 9.67 Å². The molecule has 1 aliphatic carbocycles. The second-order valence-electron chi connectivity index (χ2n) is 6.68. The van der Waals surface area contributed by atoms with E-state index in [9.17, 15) is 14.3 Å². The summed E-state index contributed by atoms with van der Waals surface area (Å²) in [5.41, 5.74) is 3.69. The van der Waals surface area contributed by atoms with Gasteiger partial charge in [-0.1, -0.05) is 12.1 Å². The lowest BCUT2D eigenvalue weighted by atomic mass is 9.95. The fourth-order valence-corrected chi connectivity index (χ4v) is 4.44. The van der Waals surface area contributed by atoms with Gasteiger partial charge in [-0.05, 0) is 73.4 Å². The van der Waals surface area contributed by atoms with Gasteiger partial charge in [0.1, 0.15) is 5.82 Å². The zero-order valence-electron chi connectivity index (χ0n) is 14.5. The van der Waals surface area contributed by atoms with Crippen LogP contribution in [-0.2, 0) is 17.6 Å². The van der Waals surface area contributed by atoms with E-state index in [0.717, 1.165) is 58.3 Å². The molecule has 5 heteroatoms. The van der Waals surface area contributed by atoms with Crippen molar-refractivity contribution in [1.82, 2.24) is 4.57 Å². The van der Waals surface area contributed by atoms with Crippen LogP contribution >= 0.6 is 11.8 Å². The van der Waals surface area contributed by atoms with Gasteiger partial charge in [0, 0.05) is 21.5 Å². The van der Waals surface area contributed by atoms with E-state index < -0.39 is 12.0 Å². The van der Waals surface area contributed by atoms with Crippen LogP contribution in [0.25, 0.3) is 10.9 Å². The second-order valence-corrected chi connectivity index (χ2v) is 7.56. The minimum Gasteiger partial charge on any atom is -0.479 e. The first-order chi connectivity index (χ1) is 12.6. The predicted octanol–water partition coefficient (Wildman–Crippen LogP) is 5.06. The molecule has 2 aromatic carbocycles. The van der Waals surface area contributed by atoms with Crippen molar-refractivity contribution in [3.8, 4) is 0 Å². The number of aromatic nitrogens is 1. The van der Waals surface area contributed by atoms with Gasteiger partial charge in [-0.2, -0.15) is 0 Å². The smallest absolute Gasteiger partial charge is 0.331 e. The molecule has 0 radical (unpaired) electrons. The SMILES string of the molecule is CSc1ccc(C(C(=O)O)n2c3c(c4cc(F)ccc42)CCCC3)cc1. The lowest BCUT2D eigenvalue weighted by Crippen LogP contribution is -2.23. The Labute approximate surface area is 155 Å². The molecule has 1 atom stereocenters. The van der Waals surface area contributed by atoms with Gasteiger partial charge in [0.2, 0.25) is 0 Å². The fourth-order valence-electron chi connectivity index (χ4n) is 4.03. The van der Waals surface area contributed by atoms with Crippen molar-refractivity contribution in [2.24, 2.45) is 0 Å². The van der Waals surface area contributed by atoms with Crippen LogP contribution in [-0.4, -0.2) is 21.9 Å². The van der Waals surface area contributed by atoms with E-state index in [1.165, 1.54) is 6.07 Å². The van der Waals surface area contributed by atoms with Crippen molar-refractivity contribution in [2.75, 3.05) is 6.26 Å². The molecule has 4 rings (SSSR count). The molecular weight excluding hydrogens is 349 g/mol. The molecule has 1 heterocycles. The Hall–Kier alpha value is -2.27. The number of aryl methyl sites for hydroxylation is 1. The number of carboxylic acid groups (broad SMARTS) is 1. The summed E-state index contributed by atoms with van der Waals surface area (Å²) in [6.45, 7) is 0. The molecule has 1 unspecified atom stereocenters. The summed E-state index contributed by atoms with van der Waals surface area (Å²) in [4.78, 5) is 13.3. The number of nitrogens with zero attached hydrogens (tertiary/aromatic N) is 1. The van der Waals surface area contributed by atoms with Gasteiger partial charge >= 0.3 is 5.97 Å². The highest BCUT2D eigenvalue weighted by molar-refractivity contribution is 7.98. The number of halogens is 1. The molecule has 0 aliphatic heterocycles.